The number of nitrogens with one attached hydrogen (secondary N) is 1. The van der Waals surface area contributed by atoms with Gasteiger partial charge < -0.3 is 16.2 Å². The minimum absolute atomic E-state index is 0.138. The molecular formula is C15H15Cl2N3O2. The molecule has 1 atom stereocenters. The number of pyridine rings is 1. The molecule has 0 fully saturated rings. The van der Waals surface area contributed by atoms with Gasteiger partial charge in [0.2, 0.25) is 5.91 Å². The molecule has 7 heteroatoms. The molecule has 22 heavy (non-hydrogen) atoms. The first kappa shape index (κ1) is 16.5. The molecule has 0 aliphatic rings. The Morgan fingerprint density at radius 2 is 2.05 bits per heavy atom. The molecule has 0 saturated heterocycles. The highest BCUT2D eigenvalue weighted by molar-refractivity contribution is 6.33. The lowest BCUT2D eigenvalue weighted by atomic mass is 9.96. The van der Waals surface area contributed by atoms with Gasteiger partial charge in [0.1, 0.15) is 11.4 Å². The summed E-state index contributed by atoms with van der Waals surface area (Å²) < 4.78 is 0. The van der Waals surface area contributed by atoms with Crippen molar-refractivity contribution in [3.63, 3.8) is 0 Å². The first-order valence-corrected chi connectivity index (χ1v) is 7.23. The number of hydrogen-bond donors (Lipinski definition) is 3. The van der Waals surface area contributed by atoms with E-state index in [0.717, 1.165) is 0 Å². The quantitative estimate of drug-likeness (QED) is 0.781. The highest BCUT2D eigenvalue weighted by Gasteiger charge is 2.25. The topological polar surface area (TPSA) is 88.2 Å². The number of aromatic nitrogens is 1. The van der Waals surface area contributed by atoms with Crippen molar-refractivity contribution < 1.29 is 9.90 Å². The summed E-state index contributed by atoms with van der Waals surface area (Å²) in [6.07, 6.45) is 1.32. The molecule has 5 nitrogen and oxygen atoms in total. The molecule has 0 saturated carbocycles. The number of primary amides is 1. The van der Waals surface area contributed by atoms with Crippen molar-refractivity contribution in [3.05, 3.63) is 57.7 Å². The molecule has 1 aromatic heterocycles. The second-order valence-corrected chi connectivity index (χ2v) is 5.84. The fourth-order valence-electron chi connectivity index (χ4n) is 1.95. The Bertz CT molecular complexity index is 705. The first-order valence-electron chi connectivity index (χ1n) is 6.48. The average Bonchev–Trinajstić information content (AvgIpc) is 2.46. The number of nitrogens with zero attached hydrogens (tertiary/aromatic N) is 1. The van der Waals surface area contributed by atoms with Crippen LogP contribution in [0.25, 0.3) is 0 Å². The lowest BCUT2D eigenvalue weighted by molar-refractivity contribution is 0.0715. The van der Waals surface area contributed by atoms with E-state index in [1.807, 2.05) is 0 Å². The zero-order valence-corrected chi connectivity index (χ0v) is 13.3. The van der Waals surface area contributed by atoms with Crippen LogP contribution in [-0.2, 0) is 5.60 Å². The van der Waals surface area contributed by atoms with E-state index >= 15 is 0 Å². The number of carbonyl (C=O) groups is 1. The predicted molar refractivity (Wildman–Crippen MR) is 87.3 cm³/mol. The molecule has 2 rings (SSSR count). The Morgan fingerprint density at radius 3 is 2.64 bits per heavy atom. The molecule has 116 valence electrons. The van der Waals surface area contributed by atoms with Gasteiger partial charge in [0.05, 0.1) is 10.6 Å². The summed E-state index contributed by atoms with van der Waals surface area (Å²) in [4.78, 5) is 15.1. The Labute approximate surface area is 138 Å². The summed E-state index contributed by atoms with van der Waals surface area (Å²) in [5.74, 6) is -0.261. The van der Waals surface area contributed by atoms with Gasteiger partial charge >= 0.3 is 0 Å². The summed E-state index contributed by atoms with van der Waals surface area (Å²) in [7, 11) is 0. The Balaban J connectivity index is 2.16. The Hall–Kier alpha value is -1.82. The van der Waals surface area contributed by atoms with E-state index in [9.17, 15) is 9.90 Å². The molecular weight excluding hydrogens is 325 g/mol. The van der Waals surface area contributed by atoms with Gasteiger partial charge in [0.15, 0.2) is 0 Å². The minimum atomic E-state index is -1.22. The van der Waals surface area contributed by atoms with Crippen LogP contribution >= 0.6 is 23.2 Å². The monoisotopic (exact) mass is 339 g/mol. The maximum atomic E-state index is 11.1. The zero-order chi connectivity index (χ0) is 16.3. The third-order valence-corrected chi connectivity index (χ3v) is 3.80. The SMILES string of the molecule is CC(O)(CNc1ncc(C(N)=O)cc1Cl)c1ccccc1Cl. The number of halogens is 2. The van der Waals surface area contributed by atoms with Crippen LogP contribution in [0.5, 0.6) is 0 Å². The molecule has 2 aromatic rings. The number of carbonyl (C=O) groups excluding carboxylic acids is 1. The van der Waals surface area contributed by atoms with Gasteiger partial charge in [-0.25, -0.2) is 4.98 Å². The molecule has 4 N–H and O–H groups in total. The van der Waals surface area contributed by atoms with Gasteiger partial charge in [0.25, 0.3) is 0 Å². The minimum Gasteiger partial charge on any atom is -0.384 e. The molecule has 0 aliphatic heterocycles. The Morgan fingerprint density at radius 1 is 1.36 bits per heavy atom. The molecule has 1 aromatic carbocycles. The van der Waals surface area contributed by atoms with Crippen LogP contribution in [0.1, 0.15) is 22.8 Å². The van der Waals surface area contributed by atoms with Crippen LogP contribution in [0.15, 0.2) is 36.5 Å². The van der Waals surface area contributed by atoms with Gasteiger partial charge in [-0.2, -0.15) is 0 Å². The zero-order valence-electron chi connectivity index (χ0n) is 11.8. The average molecular weight is 340 g/mol. The number of rotatable bonds is 5. The fraction of sp³-hybridized carbons (Fsp3) is 0.200. The molecule has 1 amide bonds. The number of amides is 1. The van der Waals surface area contributed by atoms with Crippen LogP contribution in [0.2, 0.25) is 10.0 Å². The van der Waals surface area contributed by atoms with Crippen molar-refractivity contribution in [2.45, 2.75) is 12.5 Å². The van der Waals surface area contributed by atoms with Crippen molar-refractivity contribution in [2.24, 2.45) is 5.73 Å². The fourth-order valence-corrected chi connectivity index (χ4v) is 2.52. The number of anilines is 1. The third-order valence-electron chi connectivity index (χ3n) is 3.18. The second kappa shape index (κ2) is 6.52. The van der Waals surface area contributed by atoms with Crippen LogP contribution in [-0.4, -0.2) is 22.5 Å². The molecule has 0 bridgehead atoms. The molecule has 0 aliphatic carbocycles. The summed E-state index contributed by atoms with van der Waals surface area (Å²) in [5, 5.41) is 14.2. The standard InChI is InChI=1S/C15H15Cl2N3O2/c1-15(22,10-4-2-3-5-11(10)16)8-20-14-12(17)6-9(7-19-14)13(18)21/h2-7,22H,8H2,1H3,(H2,18,21)(H,19,20). The van der Waals surface area contributed by atoms with E-state index < -0.39 is 11.5 Å². The van der Waals surface area contributed by atoms with Crippen LogP contribution in [0, 0.1) is 0 Å². The van der Waals surface area contributed by atoms with Crippen molar-refractivity contribution >= 4 is 34.9 Å². The van der Waals surface area contributed by atoms with Crippen LogP contribution in [0.3, 0.4) is 0 Å². The maximum Gasteiger partial charge on any atom is 0.250 e. The van der Waals surface area contributed by atoms with Gasteiger partial charge in [-0.1, -0.05) is 41.4 Å². The third kappa shape index (κ3) is 3.68. The van der Waals surface area contributed by atoms with Gasteiger partial charge in [-0.3, -0.25) is 4.79 Å². The van der Waals surface area contributed by atoms with E-state index in [0.29, 0.717) is 16.4 Å². The highest BCUT2D eigenvalue weighted by atomic mass is 35.5. The first-order chi connectivity index (χ1) is 10.3. The number of aliphatic hydroxyl groups is 1. The van der Waals surface area contributed by atoms with Crippen molar-refractivity contribution in [1.82, 2.24) is 4.98 Å². The van der Waals surface area contributed by atoms with E-state index in [-0.39, 0.29) is 17.1 Å². The maximum absolute atomic E-state index is 11.1. The van der Waals surface area contributed by atoms with E-state index in [1.54, 1.807) is 31.2 Å². The molecule has 0 spiro atoms. The summed E-state index contributed by atoms with van der Waals surface area (Å²) in [6.45, 7) is 1.77. The second-order valence-electron chi connectivity index (χ2n) is 5.03. The molecule has 0 radical (unpaired) electrons. The van der Waals surface area contributed by atoms with E-state index in [4.69, 9.17) is 28.9 Å². The lowest BCUT2D eigenvalue weighted by Gasteiger charge is -2.25. The lowest BCUT2D eigenvalue weighted by Crippen LogP contribution is -2.31. The van der Waals surface area contributed by atoms with Gasteiger partial charge in [-0.05, 0) is 19.1 Å². The number of hydrogen-bond acceptors (Lipinski definition) is 4. The van der Waals surface area contributed by atoms with Crippen molar-refractivity contribution in [2.75, 3.05) is 11.9 Å². The molecule has 1 heterocycles. The van der Waals surface area contributed by atoms with Crippen molar-refractivity contribution in [3.8, 4) is 0 Å². The smallest absolute Gasteiger partial charge is 0.250 e. The molecule has 1 unspecified atom stereocenters. The highest BCUT2D eigenvalue weighted by Crippen LogP contribution is 2.29. The van der Waals surface area contributed by atoms with E-state index in [1.165, 1.54) is 12.3 Å². The van der Waals surface area contributed by atoms with Crippen molar-refractivity contribution in [1.29, 1.82) is 0 Å². The van der Waals surface area contributed by atoms with Gasteiger partial charge in [0, 0.05) is 23.3 Å². The van der Waals surface area contributed by atoms with Crippen LogP contribution in [0.4, 0.5) is 5.82 Å². The predicted octanol–water partition coefficient (Wildman–Crippen LogP) is 2.81. The summed E-state index contributed by atoms with van der Waals surface area (Å²) in [6, 6.07) is 8.45. The van der Waals surface area contributed by atoms with Crippen LogP contribution < -0.4 is 11.1 Å². The normalized spacial score (nSPS) is 13.5. The summed E-state index contributed by atoms with van der Waals surface area (Å²) >= 11 is 12.1. The number of nitrogens with two attached hydrogens (primary N) is 1. The largest absolute Gasteiger partial charge is 0.384 e. The summed E-state index contributed by atoms with van der Waals surface area (Å²) in [5.41, 5.74) is 4.75. The number of benzene rings is 1. The van der Waals surface area contributed by atoms with Gasteiger partial charge in [-0.15, -0.1) is 0 Å². The van der Waals surface area contributed by atoms with E-state index in [2.05, 4.69) is 10.3 Å². The Kier molecular flexibility index (Phi) is 4.90.